The first-order valence-electron chi connectivity index (χ1n) is 9.64. The molecular weight excluding hydrogens is 404 g/mol. The molecule has 3 heterocycles. The van der Waals surface area contributed by atoms with Gasteiger partial charge in [-0.3, -0.25) is 4.90 Å². The zero-order valence-electron chi connectivity index (χ0n) is 16.0. The van der Waals surface area contributed by atoms with E-state index < -0.39 is 29.4 Å². The summed E-state index contributed by atoms with van der Waals surface area (Å²) in [7, 11) is 0. The second-order valence-corrected chi connectivity index (χ2v) is 7.70. The van der Waals surface area contributed by atoms with Gasteiger partial charge in [-0.05, 0) is 55.9 Å². The minimum atomic E-state index is -4.41. The smallest absolute Gasteiger partial charge is 0.417 e. The average molecular weight is 424 g/mol. The molecule has 0 aromatic carbocycles. The van der Waals surface area contributed by atoms with Crippen LogP contribution in [-0.4, -0.2) is 34.8 Å². The Bertz CT molecular complexity index is 912. The van der Waals surface area contributed by atoms with Gasteiger partial charge in [0.2, 0.25) is 5.95 Å². The van der Waals surface area contributed by atoms with Crippen molar-refractivity contribution in [3.8, 4) is 0 Å². The van der Waals surface area contributed by atoms with Crippen LogP contribution in [0.2, 0.25) is 0 Å². The Morgan fingerprint density at radius 1 is 1.20 bits per heavy atom. The van der Waals surface area contributed by atoms with E-state index >= 15 is 0 Å². The first-order valence-corrected chi connectivity index (χ1v) is 9.64. The van der Waals surface area contributed by atoms with Gasteiger partial charge in [0.05, 0.1) is 12.1 Å². The summed E-state index contributed by atoms with van der Waals surface area (Å²) in [6.45, 7) is 0.832. The summed E-state index contributed by atoms with van der Waals surface area (Å²) < 4.78 is 57.4. The van der Waals surface area contributed by atoms with Crippen molar-refractivity contribution >= 4 is 17.6 Å². The molecule has 1 aliphatic heterocycles. The lowest BCUT2D eigenvalue weighted by molar-refractivity contribution is -0.137. The van der Waals surface area contributed by atoms with Gasteiger partial charge >= 0.3 is 12.3 Å². The number of pyridine rings is 2. The van der Waals surface area contributed by atoms with Crippen molar-refractivity contribution in [2.24, 2.45) is 5.92 Å². The van der Waals surface area contributed by atoms with Crippen LogP contribution < -0.4 is 10.2 Å². The first-order chi connectivity index (χ1) is 14.3. The predicted molar refractivity (Wildman–Crippen MR) is 100 cm³/mol. The van der Waals surface area contributed by atoms with Crippen molar-refractivity contribution < 1.29 is 27.1 Å². The first kappa shape index (κ1) is 20.4. The van der Waals surface area contributed by atoms with Crippen LogP contribution in [0, 0.1) is 11.9 Å². The van der Waals surface area contributed by atoms with Gasteiger partial charge in [-0.15, -0.1) is 0 Å². The monoisotopic (exact) mass is 424 g/mol. The maximum Gasteiger partial charge on any atom is 0.417 e. The van der Waals surface area contributed by atoms with Crippen LogP contribution >= 0.6 is 0 Å². The Morgan fingerprint density at radius 2 is 1.97 bits per heavy atom. The summed E-state index contributed by atoms with van der Waals surface area (Å²) in [5, 5.41) is 3.07. The molecular formula is C20H20F4N4O2. The molecule has 1 N–H and O–H groups in total. The number of rotatable bonds is 4. The molecule has 0 bridgehead atoms. The summed E-state index contributed by atoms with van der Waals surface area (Å²) in [5.74, 6) is -0.0650. The molecule has 2 aromatic rings. The van der Waals surface area contributed by atoms with Crippen molar-refractivity contribution in [2.75, 3.05) is 23.3 Å². The van der Waals surface area contributed by atoms with Gasteiger partial charge in [0.1, 0.15) is 17.1 Å². The Labute approximate surface area is 170 Å². The summed E-state index contributed by atoms with van der Waals surface area (Å²) in [6.07, 6.45) is -0.0636. The number of nitrogens with one attached hydrogen (secondary N) is 1. The number of carbonyl (C=O) groups is 1. The molecule has 1 saturated carbocycles. The molecule has 10 heteroatoms. The van der Waals surface area contributed by atoms with Crippen LogP contribution in [0.4, 0.5) is 33.9 Å². The van der Waals surface area contributed by atoms with E-state index in [0.717, 1.165) is 25.1 Å². The highest BCUT2D eigenvalue weighted by molar-refractivity contribution is 5.90. The number of hydrogen-bond donors (Lipinski definition) is 1. The molecule has 1 saturated heterocycles. The minimum absolute atomic E-state index is 0.108. The molecule has 2 aromatic heterocycles. The number of halogens is 4. The van der Waals surface area contributed by atoms with Gasteiger partial charge in [-0.1, -0.05) is 0 Å². The highest BCUT2D eigenvalue weighted by Gasteiger charge is 2.48. The lowest BCUT2D eigenvalue weighted by atomic mass is 9.78. The summed E-state index contributed by atoms with van der Waals surface area (Å²) in [6, 6.07) is 5.37. The number of hydrogen-bond acceptors (Lipinski definition) is 5. The highest BCUT2D eigenvalue weighted by atomic mass is 19.4. The molecule has 1 aliphatic carbocycles. The molecule has 0 radical (unpaired) electrons. The fourth-order valence-corrected chi connectivity index (χ4v) is 3.97. The van der Waals surface area contributed by atoms with E-state index in [1.54, 1.807) is 6.07 Å². The quantitative estimate of drug-likeness (QED) is 0.573. The Morgan fingerprint density at radius 3 is 2.60 bits per heavy atom. The van der Waals surface area contributed by atoms with Gasteiger partial charge in [-0.25, -0.2) is 14.8 Å². The summed E-state index contributed by atoms with van der Waals surface area (Å²) in [5.41, 5.74) is -1.33. The average Bonchev–Trinajstić information content (AvgIpc) is 3.03. The van der Waals surface area contributed by atoms with E-state index in [4.69, 9.17) is 4.74 Å². The molecule has 0 unspecified atom stereocenters. The second kappa shape index (κ2) is 7.73. The van der Waals surface area contributed by atoms with E-state index in [2.05, 4.69) is 15.3 Å². The third kappa shape index (κ3) is 4.17. The van der Waals surface area contributed by atoms with Crippen molar-refractivity contribution in [1.82, 2.24) is 9.97 Å². The van der Waals surface area contributed by atoms with Gasteiger partial charge in [0.15, 0.2) is 0 Å². The fourth-order valence-electron chi connectivity index (χ4n) is 3.97. The fraction of sp³-hybridized carbons (Fsp3) is 0.450. The second-order valence-electron chi connectivity index (χ2n) is 7.70. The molecule has 2 fully saturated rings. The van der Waals surface area contributed by atoms with Crippen LogP contribution in [0.25, 0.3) is 0 Å². The Hall–Kier alpha value is -2.91. The normalized spacial score (nSPS) is 24.2. The topological polar surface area (TPSA) is 67.3 Å². The van der Waals surface area contributed by atoms with Crippen LogP contribution in [0.1, 0.15) is 31.2 Å². The largest absolute Gasteiger partial charge is 0.441 e. The van der Waals surface area contributed by atoms with Crippen LogP contribution in [0.3, 0.4) is 0 Å². The highest BCUT2D eigenvalue weighted by Crippen LogP contribution is 2.41. The van der Waals surface area contributed by atoms with Crippen molar-refractivity contribution in [3.05, 3.63) is 48.2 Å². The van der Waals surface area contributed by atoms with Gasteiger partial charge < -0.3 is 10.1 Å². The molecule has 30 heavy (non-hydrogen) atoms. The number of amides is 1. The maximum absolute atomic E-state index is 13.9. The van der Waals surface area contributed by atoms with E-state index in [1.165, 1.54) is 23.2 Å². The van der Waals surface area contributed by atoms with Crippen LogP contribution in [-0.2, 0) is 10.9 Å². The standard InChI is InChI=1S/C20H20F4N4O2/c21-17-15(2-1-9-25-17)28-12-19(30-18(28)29)7-5-13(6-8-19)10-26-16-4-3-14(11-27-16)20(22,23)24/h1-4,9,11,13H,5-8,10,12H2,(H,26,27)/t13-,19-. The SMILES string of the molecule is O=C1O[C@]2(CC[C@H](CNc3ccc(C(F)(F)F)cn3)CC2)CN1c1cccnc1F. The van der Waals surface area contributed by atoms with Gasteiger partial charge in [0, 0.05) is 18.9 Å². The van der Waals surface area contributed by atoms with E-state index in [0.29, 0.717) is 25.2 Å². The zero-order valence-corrected chi connectivity index (χ0v) is 16.0. The molecule has 1 amide bonds. The lowest BCUT2D eigenvalue weighted by Crippen LogP contribution is -2.39. The van der Waals surface area contributed by atoms with Crippen molar-refractivity contribution in [1.29, 1.82) is 0 Å². The molecule has 4 rings (SSSR count). The number of nitrogens with zero attached hydrogens (tertiary/aromatic N) is 3. The van der Waals surface area contributed by atoms with Crippen molar-refractivity contribution in [3.63, 3.8) is 0 Å². The van der Waals surface area contributed by atoms with Crippen LogP contribution in [0.5, 0.6) is 0 Å². The summed E-state index contributed by atoms with van der Waals surface area (Å²) in [4.78, 5) is 21.0. The lowest BCUT2D eigenvalue weighted by Gasteiger charge is -2.35. The number of aromatic nitrogens is 2. The van der Waals surface area contributed by atoms with Crippen molar-refractivity contribution in [2.45, 2.75) is 37.5 Å². The molecule has 0 atom stereocenters. The number of anilines is 2. The van der Waals surface area contributed by atoms with Crippen LogP contribution in [0.15, 0.2) is 36.7 Å². The minimum Gasteiger partial charge on any atom is -0.441 e. The van der Waals surface area contributed by atoms with E-state index in [9.17, 15) is 22.4 Å². The van der Waals surface area contributed by atoms with Gasteiger partial charge in [0.25, 0.3) is 0 Å². The third-order valence-electron chi connectivity index (χ3n) is 5.68. The Balaban J connectivity index is 1.31. The van der Waals surface area contributed by atoms with E-state index in [1.807, 2.05) is 0 Å². The molecule has 2 aliphatic rings. The molecule has 1 spiro atoms. The molecule has 6 nitrogen and oxygen atoms in total. The van der Waals surface area contributed by atoms with E-state index in [-0.39, 0.29) is 18.2 Å². The number of ether oxygens (including phenoxy) is 1. The third-order valence-corrected chi connectivity index (χ3v) is 5.68. The van der Waals surface area contributed by atoms with Gasteiger partial charge in [-0.2, -0.15) is 17.6 Å². The maximum atomic E-state index is 13.9. The zero-order chi connectivity index (χ0) is 21.4. The molecule has 160 valence electrons. The Kier molecular flexibility index (Phi) is 5.25. The number of carbonyl (C=O) groups excluding carboxylic acids is 1. The summed E-state index contributed by atoms with van der Waals surface area (Å²) >= 11 is 0. The number of alkyl halides is 3. The predicted octanol–water partition coefficient (Wildman–Crippen LogP) is 4.63.